The van der Waals surface area contributed by atoms with Crippen LogP contribution in [0.5, 0.6) is 0 Å². The maximum atomic E-state index is 13.4. The molecule has 1 aromatic heterocycles. The molecule has 0 spiro atoms. The monoisotopic (exact) mass is 326 g/mol. The number of fused-ring (bicyclic) bond motifs is 1. The summed E-state index contributed by atoms with van der Waals surface area (Å²) in [7, 11) is 1.40. The van der Waals surface area contributed by atoms with Gasteiger partial charge in [-0.15, -0.1) is 0 Å². The highest BCUT2D eigenvalue weighted by atomic mass is 79.9. The minimum absolute atomic E-state index is 0.0363. The van der Waals surface area contributed by atoms with Gasteiger partial charge in [-0.05, 0) is 34.8 Å². The van der Waals surface area contributed by atoms with Gasteiger partial charge in [0, 0.05) is 17.6 Å². The van der Waals surface area contributed by atoms with Crippen molar-refractivity contribution in [1.29, 1.82) is 0 Å². The van der Waals surface area contributed by atoms with Gasteiger partial charge in [-0.3, -0.25) is 9.48 Å². The van der Waals surface area contributed by atoms with Gasteiger partial charge in [-0.25, -0.2) is 4.39 Å². The van der Waals surface area contributed by atoms with Crippen LogP contribution < -0.4 is 0 Å². The highest BCUT2D eigenvalue weighted by molar-refractivity contribution is 9.10. The molecule has 0 N–H and O–H groups in total. The van der Waals surface area contributed by atoms with E-state index in [2.05, 4.69) is 21.0 Å². The second kappa shape index (κ2) is 4.59. The highest BCUT2D eigenvalue weighted by Crippen LogP contribution is 2.38. The van der Waals surface area contributed by atoms with Crippen molar-refractivity contribution in [3.8, 4) is 0 Å². The molecule has 2 aromatic rings. The lowest BCUT2D eigenvalue weighted by Gasteiger charge is -2.33. The molecule has 0 radical (unpaired) electrons. The Hall–Kier alpha value is -1.43. The third-order valence-electron chi connectivity index (χ3n) is 3.59. The van der Waals surface area contributed by atoms with E-state index in [-0.39, 0.29) is 23.7 Å². The average Bonchev–Trinajstić information content (AvgIpc) is 2.70. The van der Waals surface area contributed by atoms with Gasteiger partial charge in [-0.2, -0.15) is 5.10 Å². The van der Waals surface area contributed by atoms with Crippen molar-refractivity contribution in [3.63, 3.8) is 0 Å². The number of halogens is 2. The fraction of sp³-hybridized carbons (Fsp3) is 0.385. The molecule has 1 saturated carbocycles. The fourth-order valence-electron chi connectivity index (χ4n) is 2.39. The molecule has 0 aliphatic heterocycles. The number of rotatable bonds is 2. The molecule has 6 heteroatoms. The molecule has 0 amide bonds. The third kappa shape index (κ3) is 2.14. The van der Waals surface area contributed by atoms with E-state index < -0.39 is 0 Å². The van der Waals surface area contributed by atoms with Gasteiger partial charge < -0.3 is 4.74 Å². The summed E-state index contributed by atoms with van der Waals surface area (Å²) in [6, 6.07) is 3.31. The minimum Gasteiger partial charge on any atom is -0.469 e. The van der Waals surface area contributed by atoms with E-state index in [1.54, 1.807) is 6.07 Å². The highest BCUT2D eigenvalue weighted by Gasteiger charge is 2.36. The molecule has 1 fully saturated rings. The minimum atomic E-state index is -0.321. The molecule has 3 rings (SSSR count). The number of carbonyl (C=O) groups is 1. The first-order valence-corrected chi connectivity index (χ1v) is 6.79. The Morgan fingerprint density at radius 2 is 2.26 bits per heavy atom. The molecule has 100 valence electrons. The Bertz CT molecular complexity index is 610. The Balaban J connectivity index is 1.82. The van der Waals surface area contributed by atoms with E-state index in [1.165, 1.54) is 13.2 Å². The number of carbonyl (C=O) groups excluding carboxylic acids is 1. The first-order chi connectivity index (χ1) is 9.08. The second-order valence-electron chi connectivity index (χ2n) is 4.78. The fourth-order valence-corrected chi connectivity index (χ4v) is 2.75. The number of hydrogen-bond donors (Lipinski definition) is 0. The number of hydrogen-bond acceptors (Lipinski definition) is 3. The summed E-state index contributed by atoms with van der Waals surface area (Å²) < 4.78 is 20.4. The zero-order valence-corrected chi connectivity index (χ0v) is 11.9. The van der Waals surface area contributed by atoms with E-state index in [0.29, 0.717) is 9.99 Å². The van der Waals surface area contributed by atoms with E-state index in [1.807, 2.05) is 10.9 Å². The van der Waals surface area contributed by atoms with Gasteiger partial charge in [0.05, 0.1) is 29.1 Å². The third-order valence-corrected chi connectivity index (χ3v) is 4.19. The standard InChI is InChI=1S/C13H12BrFN2O2/c1-19-13(18)7-2-9(3-7)17-6-8-4-10(14)11(15)5-12(8)16-17/h4-7,9H,2-3H2,1H3. The van der Waals surface area contributed by atoms with Crippen molar-refractivity contribution >= 4 is 32.8 Å². The summed E-state index contributed by atoms with van der Waals surface area (Å²) in [6.07, 6.45) is 3.34. The summed E-state index contributed by atoms with van der Waals surface area (Å²) in [5.41, 5.74) is 0.627. The maximum Gasteiger partial charge on any atom is 0.308 e. The molecule has 4 nitrogen and oxygen atoms in total. The summed E-state index contributed by atoms with van der Waals surface area (Å²) in [4.78, 5) is 11.3. The van der Waals surface area contributed by atoms with Gasteiger partial charge >= 0.3 is 5.97 Å². The van der Waals surface area contributed by atoms with Crippen LogP contribution in [0.15, 0.2) is 22.8 Å². The molecule has 19 heavy (non-hydrogen) atoms. The van der Waals surface area contributed by atoms with Crippen LogP contribution in [0.2, 0.25) is 0 Å². The van der Waals surface area contributed by atoms with Gasteiger partial charge in [-0.1, -0.05) is 0 Å². The summed E-state index contributed by atoms with van der Waals surface area (Å²) in [6.45, 7) is 0. The van der Waals surface area contributed by atoms with Crippen molar-refractivity contribution in [2.24, 2.45) is 5.92 Å². The number of ether oxygens (including phenoxy) is 1. The maximum absolute atomic E-state index is 13.4. The number of nitrogens with zero attached hydrogens (tertiary/aromatic N) is 2. The second-order valence-corrected chi connectivity index (χ2v) is 5.63. The predicted octanol–water partition coefficient (Wildman–Crippen LogP) is 3.06. The largest absolute Gasteiger partial charge is 0.469 e. The van der Waals surface area contributed by atoms with Crippen LogP contribution in [0.4, 0.5) is 4.39 Å². The van der Waals surface area contributed by atoms with Crippen molar-refractivity contribution in [2.45, 2.75) is 18.9 Å². The SMILES string of the molecule is COC(=O)C1CC(n2cc3cc(Br)c(F)cc3n2)C1. The van der Waals surface area contributed by atoms with E-state index in [4.69, 9.17) is 4.74 Å². The Morgan fingerprint density at radius 1 is 1.53 bits per heavy atom. The van der Waals surface area contributed by atoms with E-state index >= 15 is 0 Å². The number of benzene rings is 1. The van der Waals surface area contributed by atoms with Crippen molar-refractivity contribution in [1.82, 2.24) is 9.78 Å². The molecular weight excluding hydrogens is 315 g/mol. The van der Waals surface area contributed by atoms with Crippen LogP contribution in [0.1, 0.15) is 18.9 Å². The topological polar surface area (TPSA) is 44.1 Å². The van der Waals surface area contributed by atoms with Crippen molar-refractivity contribution in [3.05, 3.63) is 28.6 Å². The van der Waals surface area contributed by atoms with Crippen LogP contribution in [0.3, 0.4) is 0 Å². The number of aromatic nitrogens is 2. The van der Waals surface area contributed by atoms with E-state index in [9.17, 15) is 9.18 Å². The van der Waals surface area contributed by atoms with Crippen LogP contribution in [0, 0.1) is 11.7 Å². The van der Waals surface area contributed by atoms with Gasteiger partial charge in [0.1, 0.15) is 5.82 Å². The van der Waals surface area contributed by atoms with Crippen molar-refractivity contribution in [2.75, 3.05) is 7.11 Å². The van der Waals surface area contributed by atoms with Gasteiger partial charge in [0.15, 0.2) is 0 Å². The molecule has 0 bridgehead atoms. The quantitative estimate of drug-likeness (QED) is 0.797. The number of esters is 1. The molecule has 1 heterocycles. The predicted molar refractivity (Wildman–Crippen MR) is 71.2 cm³/mol. The molecular formula is C13H12BrFN2O2. The number of methoxy groups -OCH3 is 1. The smallest absolute Gasteiger partial charge is 0.308 e. The summed E-state index contributed by atoms with van der Waals surface area (Å²) >= 11 is 3.16. The molecule has 1 aliphatic carbocycles. The van der Waals surface area contributed by atoms with E-state index in [0.717, 1.165) is 18.2 Å². The zero-order valence-electron chi connectivity index (χ0n) is 10.3. The molecule has 0 unspecified atom stereocenters. The summed E-state index contributed by atoms with van der Waals surface area (Å²) in [5.74, 6) is -0.522. The Labute approximate surface area is 117 Å². The lowest BCUT2D eigenvalue weighted by atomic mass is 9.80. The lowest BCUT2D eigenvalue weighted by molar-refractivity contribution is -0.149. The molecule has 1 aliphatic rings. The van der Waals surface area contributed by atoms with Crippen LogP contribution >= 0.6 is 15.9 Å². The van der Waals surface area contributed by atoms with Gasteiger partial charge in [0.25, 0.3) is 0 Å². The lowest BCUT2D eigenvalue weighted by Crippen LogP contribution is -2.33. The van der Waals surface area contributed by atoms with Gasteiger partial charge in [0.2, 0.25) is 0 Å². The molecule has 1 aromatic carbocycles. The van der Waals surface area contributed by atoms with Crippen LogP contribution in [-0.2, 0) is 9.53 Å². The first kappa shape index (κ1) is 12.6. The Morgan fingerprint density at radius 3 is 2.95 bits per heavy atom. The van der Waals surface area contributed by atoms with Crippen LogP contribution in [0.25, 0.3) is 10.9 Å². The summed E-state index contributed by atoms with van der Waals surface area (Å²) in [5, 5.41) is 5.24. The normalized spacial score (nSPS) is 22.3. The molecule has 0 saturated heterocycles. The zero-order chi connectivity index (χ0) is 13.6. The first-order valence-electron chi connectivity index (χ1n) is 6.00. The van der Waals surface area contributed by atoms with Crippen LogP contribution in [-0.4, -0.2) is 22.9 Å². The Kier molecular flexibility index (Phi) is 3.05. The average molecular weight is 327 g/mol. The molecule has 0 atom stereocenters. The van der Waals surface area contributed by atoms with Crippen molar-refractivity contribution < 1.29 is 13.9 Å².